The first-order valence-corrected chi connectivity index (χ1v) is 21.0. The lowest BCUT2D eigenvalue weighted by atomic mass is 9.73. The molecule has 12 heteroatoms. The van der Waals surface area contributed by atoms with Crippen molar-refractivity contribution in [2.45, 2.75) is 11.5 Å². The molecule has 2 unspecified atom stereocenters. The van der Waals surface area contributed by atoms with Crippen LogP contribution in [0.2, 0.25) is 0 Å². The summed E-state index contributed by atoms with van der Waals surface area (Å²) in [4.78, 5) is 41.9. The van der Waals surface area contributed by atoms with Crippen LogP contribution in [-0.2, 0) is 5.54 Å². The molecule has 6 aromatic heterocycles. The van der Waals surface area contributed by atoms with Crippen molar-refractivity contribution in [1.82, 2.24) is 30.4 Å². The van der Waals surface area contributed by atoms with Crippen molar-refractivity contribution < 1.29 is 13.3 Å². The van der Waals surface area contributed by atoms with Crippen LogP contribution in [0.15, 0.2) is 199 Å². The molecule has 0 saturated carbocycles. The van der Waals surface area contributed by atoms with E-state index in [2.05, 4.69) is 5.10 Å². The number of aromatic nitrogens is 6. The molecule has 1 aliphatic heterocycles. The monoisotopic (exact) mass is 845 g/mol. The predicted molar refractivity (Wildman–Crippen MR) is 249 cm³/mol. The van der Waals surface area contributed by atoms with Gasteiger partial charge in [-0.25, -0.2) is 9.78 Å². The maximum Gasteiger partial charge on any atom is 0.345 e. The van der Waals surface area contributed by atoms with E-state index in [1.807, 2.05) is 138 Å². The lowest BCUT2D eigenvalue weighted by Gasteiger charge is -2.41. The second-order valence-corrected chi connectivity index (χ2v) is 16.1. The van der Waals surface area contributed by atoms with Gasteiger partial charge in [-0.3, -0.25) is 19.8 Å². The second kappa shape index (κ2) is 14.0. The minimum Gasteiger partial charge on any atom is -0.458 e. The fourth-order valence-electron chi connectivity index (χ4n) is 9.66. The van der Waals surface area contributed by atoms with Gasteiger partial charge < -0.3 is 13.3 Å². The predicted octanol–water partition coefficient (Wildman–Crippen LogP) is 10.5. The number of nitrogens with one attached hydrogen (secondary N) is 1. The van der Waals surface area contributed by atoms with E-state index in [1.54, 1.807) is 36.5 Å². The van der Waals surface area contributed by atoms with Gasteiger partial charge in [-0.2, -0.15) is 10.2 Å². The highest BCUT2D eigenvalue weighted by Gasteiger charge is 2.63. The van der Waals surface area contributed by atoms with Crippen molar-refractivity contribution in [2.24, 2.45) is 0 Å². The number of H-pyrrole nitrogens is 1. The SMILES string of the molecule is O=c1oc2ccccc2cc1C1=C(c2cc3ccccc3nn2)C(c2cnc3ccccc3n2)C(c2cc3ccccc3o2)(c2[nH]nc3ccccc23)N1c1cc(=O)c2ccccc2o1. The number of aromatic amines is 1. The zero-order chi connectivity index (χ0) is 43.2. The topological polar surface area (TPSA) is 157 Å². The Morgan fingerprint density at radius 3 is 2.02 bits per heavy atom. The van der Waals surface area contributed by atoms with Gasteiger partial charge in [0.15, 0.2) is 11.0 Å². The minimum atomic E-state index is -1.67. The molecule has 0 fully saturated rings. The van der Waals surface area contributed by atoms with E-state index < -0.39 is 17.1 Å². The van der Waals surface area contributed by atoms with Crippen molar-refractivity contribution in [3.63, 3.8) is 0 Å². The maximum absolute atomic E-state index is 15.0. The number of anilines is 1. The standard InChI is InChI=1S/C53H31N7O5/c61-42-28-47(64-45-24-12-5-17-34(42)45)60-50(35-25-31-14-2-11-23-44(31)65-52(35)62)48(40-26-30-13-1-6-18-36(30)56-58-40)49(41-29-54-38-20-8-9-21-39(38)55-41)53(60,46-27-32-15-3-10-22-43(32)63-46)51-33-16-4-7-19-37(33)57-59-51/h1-29,49H,(H,57,59). The second-order valence-electron chi connectivity index (χ2n) is 16.1. The highest BCUT2D eigenvalue weighted by Crippen LogP contribution is 2.64. The van der Waals surface area contributed by atoms with E-state index in [9.17, 15) is 4.79 Å². The number of fused-ring (bicyclic) bond motifs is 6. The van der Waals surface area contributed by atoms with E-state index in [-0.39, 0.29) is 16.9 Å². The van der Waals surface area contributed by atoms with Gasteiger partial charge in [-0.05, 0) is 66.7 Å². The molecule has 13 rings (SSSR count). The van der Waals surface area contributed by atoms with Gasteiger partial charge in [0.25, 0.3) is 0 Å². The zero-order valence-electron chi connectivity index (χ0n) is 34.0. The Bertz CT molecular complexity index is 4040. The largest absolute Gasteiger partial charge is 0.458 e. The molecule has 0 amide bonds. The summed E-state index contributed by atoms with van der Waals surface area (Å²) >= 11 is 0. The van der Waals surface area contributed by atoms with Crippen LogP contribution in [0.25, 0.3) is 77.0 Å². The van der Waals surface area contributed by atoms with Crippen LogP contribution in [-0.4, -0.2) is 30.4 Å². The fraction of sp³-hybridized carbons (Fsp3) is 0.0377. The van der Waals surface area contributed by atoms with Crippen LogP contribution in [0.4, 0.5) is 5.88 Å². The molecule has 308 valence electrons. The third kappa shape index (κ3) is 5.47. The average Bonchev–Trinajstić information content (AvgIpc) is 4.07. The van der Waals surface area contributed by atoms with Crippen LogP contribution >= 0.6 is 0 Å². The lowest BCUT2D eigenvalue weighted by molar-refractivity contribution is 0.370. The Morgan fingerprint density at radius 2 is 1.22 bits per heavy atom. The summed E-state index contributed by atoms with van der Waals surface area (Å²) in [6.07, 6.45) is 1.75. The first-order valence-electron chi connectivity index (χ1n) is 21.0. The Balaban J connectivity index is 1.30. The Hall–Kier alpha value is -9.03. The van der Waals surface area contributed by atoms with Crippen LogP contribution in [0, 0.1) is 0 Å². The summed E-state index contributed by atoms with van der Waals surface area (Å²) in [5, 5.41) is 21.5. The molecular formula is C53H31N7O5. The zero-order valence-corrected chi connectivity index (χ0v) is 34.0. The molecule has 6 aromatic carbocycles. The number of furan rings is 1. The van der Waals surface area contributed by atoms with Crippen molar-refractivity contribution >= 4 is 82.9 Å². The molecule has 12 aromatic rings. The van der Waals surface area contributed by atoms with Crippen molar-refractivity contribution in [2.75, 3.05) is 4.90 Å². The first kappa shape index (κ1) is 36.6. The fourth-order valence-corrected chi connectivity index (χ4v) is 9.66. The van der Waals surface area contributed by atoms with Crippen LogP contribution in [0.1, 0.15) is 34.3 Å². The number of hydrogen-bond donors (Lipinski definition) is 1. The summed E-state index contributed by atoms with van der Waals surface area (Å²) in [5.41, 5.74) is 3.78. The van der Waals surface area contributed by atoms with Crippen molar-refractivity contribution in [3.8, 4) is 0 Å². The van der Waals surface area contributed by atoms with E-state index in [1.165, 1.54) is 6.07 Å². The van der Waals surface area contributed by atoms with Gasteiger partial charge in [0, 0.05) is 39.4 Å². The Kier molecular flexibility index (Phi) is 7.88. The first-order chi connectivity index (χ1) is 32.0. The molecule has 2 atom stereocenters. The quantitative estimate of drug-likeness (QED) is 0.159. The van der Waals surface area contributed by atoms with Gasteiger partial charge in [0.1, 0.15) is 22.5 Å². The van der Waals surface area contributed by atoms with Crippen LogP contribution < -0.4 is 16.0 Å². The Labute approximate surface area is 366 Å². The van der Waals surface area contributed by atoms with E-state index >= 15 is 4.79 Å². The van der Waals surface area contributed by atoms with Crippen molar-refractivity contribution in [3.05, 3.63) is 225 Å². The summed E-state index contributed by atoms with van der Waals surface area (Å²) < 4.78 is 20.3. The molecule has 1 N–H and O–H groups in total. The van der Waals surface area contributed by atoms with Crippen LogP contribution in [0.3, 0.4) is 0 Å². The third-order valence-corrected chi connectivity index (χ3v) is 12.5. The molecular weight excluding hydrogens is 815 g/mol. The number of hydrogen-bond acceptors (Lipinski definition) is 11. The molecule has 0 aliphatic carbocycles. The van der Waals surface area contributed by atoms with E-state index in [4.69, 9.17) is 38.5 Å². The van der Waals surface area contributed by atoms with Gasteiger partial charge in [-0.15, -0.1) is 5.10 Å². The number of benzene rings is 6. The van der Waals surface area contributed by atoms with E-state index in [0.29, 0.717) is 83.7 Å². The van der Waals surface area contributed by atoms with Gasteiger partial charge >= 0.3 is 5.63 Å². The van der Waals surface area contributed by atoms with Gasteiger partial charge in [0.05, 0.1) is 61.7 Å². The van der Waals surface area contributed by atoms with Crippen molar-refractivity contribution in [1.29, 1.82) is 0 Å². The summed E-state index contributed by atoms with van der Waals surface area (Å²) in [6.45, 7) is 0. The summed E-state index contributed by atoms with van der Waals surface area (Å²) in [5.74, 6) is -0.467. The van der Waals surface area contributed by atoms with Gasteiger partial charge in [0.2, 0.25) is 5.88 Å². The highest BCUT2D eigenvalue weighted by molar-refractivity contribution is 6.07. The third-order valence-electron chi connectivity index (χ3n) is 12.5. The summed E-state index contributed by atoms with van der Waals surface area (Å²) in [6, 6.07) is 52.5. The van der Waals surface area contributed by atoms with E-state index in [0.717, 1.165) is 16.2 Å². The molecule has 1 aliphatic rings. The normalized spacial score (nSPS) is 16.6. The number of rotatable bonds is 6. The number of para-hydroxylation sites is 6. The highest BCUT2D eigenvalue weighted by atomic mass is 16.4. The average molecular weight is 846 g/mol. The molecule has 0 spiro atoms. The van der Waals surface area contributed by atoms with Gasteiger partial charge in [-0.1, -0.05) is 97.1 Å². The number of nitrogens with zero attached hydrogens (tertiary/aromatic N) is 6. The molecule has 12 nitrogen and oxygen atoms in total. The molecule has 7 heterocycles. The molecule has 0 saturated heterocycles. The lowest BCUT2D eigenvalue weighted by Crippen LogP contribution is -2.47. The smallest absolute Gasteiger partial charge is 0.345 e. The minimum absolute atomic E-state index is 0.0953. The maximum atomic E-state index is 15.0. The molecule has 65 heavy (non-hydrogen) atoms. The van der Waals surface area contributed by atoms with Crippen LogP contribution in [0.5, 0.6) is 0 Å². The molecule has 0 radical (unpaired) electrons. The Morgan fingerprint density at radius 1 is 0.569 bits per heavy atom. The molecule has 0 bridgehead atoms. The summed E-state index contributed by atoms with van der Waals surface area (Å²) in [7, 11) is 0.